The lowest BCUT2D eigenvalue weighted by Crippen LogP contribution is -2.56. The summed E-state index contributed by atoms with van der Waals surface area (Å²) < 4.78 is 15.5. The van der Waals surface area contributed by atoms with E-state index in [1.165, 1.54) is 17.7 Å². The van der Waals surface area contributed by atoms with Gasteiger partial charge in [-0.1, -0.05) is 62.6 Å². The van der Waals surface area contributed by atoms with Crippen molar-refractivity contribution in [1.29, 1.82) is 0 Å². The maximum atomic E-state index is 14.2. The van der Waals surface area contributed by atoms with Gasteiger partial charge >= 0.3 is 6.03 Å². The molecule has 0 bridgehead atoms. The summed E-state index contributed by atoms with van der Waals surface area (Å²) in [6.45, 7) is 4.88. The minimum absolute atomic E-state index is 0.00835. The number of halogens is 1. The normalized spacial score (nSPS) is 23.3. The van der Waals surface area contributed by atoms with Crippen molar-refractivity contribution in [3.05, 3.63) is 88.2 Å². The van der Waals surface area contributed by atoms with Crippen LogP contribution in [0.15, 0.2) is 65.7 Å². The molecule has 8 heteroatoms. The number of carbonyl (C=O) groups excluding carboxylic acids is 1. The molecule has 2 saturated heterocycles. The van der Waals surface area contributed by atoms with Crippen LogP contribution in [0, 0.1) is 17.2 Å². The zero-order valence-electron chi connectivity index (χ0n) is 26.2. The molecule has 1 saturated carbocycles. The zero-order chi connectivity index (χ0) is 30.7. The Bertz CT molecular complexity index is 1500. The molecule has 44 heavy (non-hydrogen) atoms. The number of rotatable bonds is 7. The minimum atomic E-state index is -0.261. The van der Waals surface area contributed by atoms with Crippen LogP contribution >= 0.6 is 0 Å². The summed E-state index contributed by atoms with van der Waals surface area (Å²) in [5.41, 5.74) is 3.98. The van der Waals surface area contributed by atoms with Crippen molar-refractivity contribution in [2.45, 2.75) is 83.3 Å². The highest BCUT2D eigenvalue weighted by molar-refractivity contribution is 5.75. The number of amides is 2. The highest BCUT2D eigenvalue weighted by atomic mass is 19.1. The van der Waals surface area contributed by atoms with Gasteiger partial charge in [0.2, 0.25) is 0 Å². The second-order valence-corrected chi connectivity index (χ2v) is 13.2. The topological polar surface area (TPSA) is 70.5 Å². The molecular weight excluding hydrogens is 553 g/mol. The van der Waals surface area contributed by atoms with Gasteiger partial charge in [0.1, 0.15) is 5.82 Å². The summed E-state index contributed by atoms with van der Waals surface area (Å²) in [4.78, 5) is 36.5. The molecule has 1 aliphatic carbocycles. The first-order valence-electron chi connectivity index (χ1n) is 16.5. The van der Waals surface area contributed by atoms with Crippen LogP contribution in [0.25, 0.3) is 11.3 Å². The standard InChI is InChI=1S/C36H46FN5O2/c1-3-8-26-9-4-5-10-31(26)32-22-34(43)41(25-39-32)23-28-15-19-40(24-36(28)17-6-7-18-36)35(44)42-20-16-30(38-2)21-33(42)27-11-13-29(37)14-12-27/h4-5,9-14,22,25,28,30,33,38H,3,6-8,15-21,23-24H2,1-2H3/t28-,30+,33-/m0/s1. The Morgan fingerprint density at radius 2 is 1.84 bits per heavy atom. The lowest BCUT2D eigenvalue weighted by Gasteiger charge is -2.49. The number of hydrogen-bond donors (Lipinski definition) is 1. The third-order valence-corrected chi connectivity index (χ3v) is 10.6. The number of aryl methyl sites for hydroxylation is 1. The Hall–Kier alpha value is -3.52. The summed E-state index contributed by atoms with van der Waals surface area (Å²) in [7, 11) is 1.97. The molecule has 7 nitrogen and oxygen atoms in total. The molecule has 234 valence electrons. The van der Waals surface area contributed by atoms with Gasteiger partial charge in [-0.05, 0) is 80.2 Å². The smallest absolute Gasteiger partial charge is 0.320 e. The van der Waals surface area contributed by atoms with Crippen molar-refractivity contribution in [2.24, 2.45) is 11.3 Å². The zero-order valence-corrected chi connectivity index (χ0v) is 26.2. The van der Waals surface area contributed by atoms with Crippen LogP contribution in [0.2, 0.25) is 0 Å². The second-order valence-electron chi connectivity index (χ2n) is 13.2. The highest BCUT2D eigenvalue weighted by Crippen LogP contribution is 2.49. The summed E-state index contributed by atoms with van der Waals surface area (Å²) in [5.74, 6) is 0.0535. The SMILES string of the molecule is CCCc1ccccc1-c1cc(=O)n(C[C@@H]2CCN(C(=O)N3CC[C@@H](NC)C[C@H]3c3ccc(F)cc3)CC23CCCC3)cn1. The van der Waals surface area contributed by atoms with Gasteiger partial charge in [-0.3, -0.25) is 9.36 Å². The van der Waals surface area contributed by atoms with Gasteiger partial charge in [-0.15, -0.1) is 0 Å². The molecule has 1 aromatic heterocycles. The molecule has 3 aliphatic rings. The fourth-order valence-corrected chi connectivity index (χ4v) is 8.14. The van der Waals surface area contributed by atoms with E-state index >= 15 is 0 Å². The highest BCUT2D eigenvalue weighted by Gasteiger charge is 2.47. The van der Waals surface area contributed by atoms with Crippen LogP contribution in [0.4, 0.5) is 9.18 Å². The molecule has 2 aromatic carbocycles. The van der Waals surface area contributed by atoms with E-state index in [4.69, 9.17) is 4.98 Å². The maximum Gasteiger partial charge on any atom is 0.320 e. The predicted molar refractivity (Wildman–Crippen MR) is 172 cm³/mol. The molecule has 0 unspecified atom stereocenters. The first-order chi connectivity index (χ1) is 21.4. The van der Waals surface area contributed by atoms with Gasteiger partial charge in [-0.2, -0.15) is 0 Å². The van der Waals surface area contributed by atoms with E-state index in [-0.39, 0.29) is 28.9 Å². The Morgan fingerprint density at radius 1 is 1.07 bits per heavy atom. The first kappa shape index (κ1) is 30.5. The quantitative estimate of drug-likeness (QED) is 0.340. The van der Waals surface area contributed by atoms with Crippen molar-refractivity contribution in [3.63, 3.8) is 0 Å². The largest absolute Gasteiger partial charge is 0.324 e. The Morgan fingerprint density at radius 3 is 2.57 bits per heavy atom. The summed E-state index contributed by atoms with van der Waals surface area (Å²) in [6.07, 6.45) is 10.8. The summed E-state index contributed by atoms with van der Waals surface area (Å²) in [5, 5.41) is 3.39. The van der Waals surface area contributed by atoms with Crippen molar-refractivity contribution < 1.29 is 9.18 Å². The van der Waals surface area contributed by atoms with E-state index in [1.54, 1.807) is 17.0 Å². The number of nitrogens with one attached hydrogen (secondary N) is 1. The molecule has 3 fully saturated rings. The Kier molecular flexibility index (Phi) is 9.17. The number of piperidine rings is 2. The van der Waals surface area contributed by atoms with E-state index in [9.17, 15) is 14.0 Å². The van der Waals surface area contributed by atoms with Crippen molar-refractivity contribution in [2.75, 3.05) is 26.7 Å². The summed E-state index contributed by atoms with van der Waals surface area (Å²) in [6, 6.07) is 16.9. The second kappa shape index (κ2) is 13.2. The molecule has 2 amide bonds. The molecule has 3 aromatic rings. The molecule has 6 rings (SSSR count). The van der Waals surface area contributed by atoms with E-state index in [0.29, 0.717) is 31.6 Å². The van der Waals surface area contributed by atoms with Crippen LogP contribution in [0.1, 0.15) is 75.5 Å². The number of hydrogen-bond acceptors (Lipinski definition) is 4. The van der Waals surface area contributed by atoms with Gasteiger partial charge in [0.05, 0.1) is 18.1 Å². The van der Waals surface area contributed by atoms with Gasteiger partial charge in [0, 0.05) is 43.9 Å². The minimum Gasteiger partial charge on any atom is -0.324 e. The fraction of sp³-hybridized carbons (Fsp3) is 0.528. The lowest BCUT2D eigenvalue weighted by atomic mass is 9.69. The van der Waals surface area contributed by atoms with Crippen LogP contribution in [-0.4, -0.2) is 58.1 Å². The number of likely N-dealkylation sites (tertiary alicyclic amines) is 2. The summed E-state index contributed by atoms with van der Waals surface area (Å²) >= 11 is 0. The molecule has 1 N–H and O–H groups in total. The number of benzene rings is 2. The predicted octanol–water partition coefficient (Wildman–Crippen LogP) is 6.43. The average Bonchev–Trinajstić information content (AvgIpc) is 3.51. The molecule has 1 spiro atoms. The molecule has 0 radical (unpaired) electrons. The van der Waals surface area contributed by atoms with Gasteiger partial charge in [0.15, 0.2) is 0 Å². The lowest BCUT2D eigenvalue weighted by molar-refractivity contribution is 0.0208. The fourth-order valence-electron chi connectivity index (χ4n) is 8.14. The van der Waals surface area contributed by atoms with Crippen LogP contribution in [0.3, 0.4) is 0 Å². The average molecular weight is 600 g/mol. The van der Waals surface area contributed by atoms with Crippen molar-refractivity contribution in [3.8, 4) is 11.3 Å². The Labute approximate surface area is 260 Å². The van der Waals surface area contributed by atoms with Gasteiger partial charge in [0.25, 0.3) is 5.56 Å². The van der Waals surface area contributed by atoms with Crippen molar-refractivity contribution >= 4 is 6.03 Å². The molecule has 3 atom stereocenters. The van der Waals surface area contributed by atoms with E-state index in [0.717, 1.165) is 81.2 Å². The molecular formula is C36H46FN5O2. The van der Waals surface area contributed by atoms with Crippen molar-refractivity contribution in [1.82, 2.24) is 24.7 Å². The van der Waals surface area contributed by atoms with E-state index < -0.39 is 0 Å². The first-order valence-corrected chi connectivity index (χ1v) is 16.5. The monoisotopic (exact) mass is 599 g/mol. The number of aromatic nitrogens is 2. The number of urea groups is 1. The molecule has 3 heterocycles. The van der Waals surface area contributed by atoms with Gasteiger partial charge < -0.3 is 15.1 Å². The molecule has 2 aliphatic heterocycles. The van der Waals surface area contributed by atoms with E-state index in [1.807, 2.05) is 36.2 Å². The number of nitrogens with zero attached hydrogens (tertiary/aromatic N) is 4. The van der Waals surface area contributed by atoms with Crippen LogP contribution in [-0.2, 0) is 13.0 Å². The third kappa shape index (κ3) is 6.19. The van der Waals surface area contributed by atoms with Crippen LogP contribution in [0.5, 0.6) is 0 Å². The van der Waals surface area contributed by atoms with Gasteiger partial charge in [-0.25, -0.2) is 14.2 Å². The third-order valence-electron chi connectivity index (χ3n) is 10.6. The number of carbonyl (C=O) groups is 1. The van der Waals surface area contributed by atoms with E-state index in [2.05, 4.69) is 29.3 Å². The van der Waals surface area contributed by atoms with Crippen LogP contribution < -0.4 is 10.9 Å². The maximum absolute atomic E-state index is 14.2. The Balaban J connectivity index is 1.19.